The van der Waals surface area contributed by atoms with Gasteiger partial charge < -0.3 is 9.47 Å². The quantitative estimate of drug-likeness (QED) is 0.441. The van der Waals surface area contributed by atoms with Crippen LogP contribution in [0.5, 0.6) is 11.5 Å². The fourth-order valence-electron chi connectivity index (χ4n) is 3.46. The number of rotatable bonds is 4. The number of amides is 1. The zero-order valence-corrected chi connectivity index (χ0v) is 17.5. The summed E-state index contributed by atoms with van der Waals surface area (Å²) >= 11 is 1.53. The molecule has 0 unspecified atom stereocenters. The van der Waals surface area contributed by atoms with Gasteiger partial charge in [-0.05, 0) is 60.9 Å². The van der Waals surface area contributed by atoms with Crippen LogP contribution in [0.25, 0.3) is 10.2 Å². The van der Waals surface area contributed by atoms with Crippen molar-refractivity contribution < 1.29 is 14.3 Å². The van der Waals surface area contributed by atoms with Crippen molar-refractivity contribution in [3.05, 3.63) is 82.9 Å². The largest absolute Gasteiger partial charge is 0.454 e. The Morgan fingerprint density at radius 1 is 1.00 bits per heavy atom. The molecule has 0 spiro atoms. The highest BCUT2D eigenvalue weighted by atomic mass is 32.1. The standard InChI is InChI=1S/C24H20N2O3S/c1-15-10-19-22(11-16(15)2)30-24(25-19)26(13-17-6-4-3-5-7-17)23(27)18-8-9-20-21(12-18)29-14-28-20/h3-12H,13-14H2,1-2H3. The van der Waals surface area contributed by atoms with Crippen molar-refractivity contribution in [3.63, 3.8) is 0 Å². The molecule has 0 saturated carbocycles. The Morgan fingerprint density at radius 3 is 2.60 bits per heavy atom. The maximum Gasteiger partial charge on any atom is 0.260 e. The first-order valence-corrected chi connectivity index (χ1v) is 10.5. The molecule has 0 aliphatic carbocycles. The molecule has 0 saturated heterocycles. The lowest BCUT2D eigenvalue weighted by Gasteiger charge is -2.20. The van der Waals surface area contributed by atoms with Crippen LogP contribution < -0.4 is 14.4 Å². The Labute approximate surface area is 178 Å². The lowest BCUT2D eigenvalue weighted by molar-refractivity contribution is 0.0984. The minimum absolute atomic E-state index is 0.121. The summed E-state index contributed by atoms with van der Waals surface area (Å²) in [6.07, 6.45) is 0. The molecule has 6 heteroatoms. The predicted molar refractivity (Wildman–Crippen MR) is 119 cm³/mol. The van der Waals surface area contributed by atoms with Crippen molar-refractivity contribution in [3.8, 4) is 11.5 Å². The van der Waals surface area contributed by atoms with Gasteiger partial charge in [0.25, 0.3) is 5.91 Å². The van der Waals surface area contributed by atoms with E-state index in [0.717, 1.165) is 15.8 Å². The topological polar surface area (TPSA) is 51.7 Å². The normalized spacial score (nSPS) is 12.3. The van der Waals surface area contributed by atoms with Crippen molar-refractivity contribution in [2.24, 2.45) is 0 Å². The van der Waals surface area contributed by atoms with Gasteiger partial charge in [0.15, 0.2) is 16.6 Å². The zero-order valence-electron chi connectivity index (χ0n) is 16.7. The summed E-state index contributed by atoms with van der Waals surface area (Å²) in [5, 5.41) is 0.682. The number of thiazole rings is 1. The Kier molecular flexibility index (Phi) is 4.64. The second-order valence-corrected chi connectivity index (χ2v) is 8.35. The monoisotopic (exact) mass is 416 g/mol. The third kappa shape index (κ3) is 3.39. The second kappa shape index (κ2) is 7.46. The van der Waals surface area contributed by atoms with Gasteiger partial charge in [-0.2, -0.15) is 0 Å². The van der Waals surface area contributed by atoms with Crippen LogP contribution >= 0.6 is 11.3 Å². The minimum atomic E-state index is -0.121. The lowest BCUT2D eigenvalue weighted by atomic mass is 10.1. The number of nitrogens with zero attached hydrogens (tertiary/aromatic N) is 2. The Balaban J connectivity index is 1.57. The minimum Gasteiger partial charge on any atom is -0.454 e. The van der Waals surface area contributed by atoms with Crippen LogP contribution in [0.15, 0.2) is 60.7 Å². The van der Waals surface area contributed by atoms with E-state index in [2.05, 4.69) is 26.0 Å². The van der Waals surface area contributed by atoms with Crippen LogP contribution in [0.3, 0.4) is 0 Å². The molecular weight excluding hydrogens is 396 g/mol. The third-order valence-electron chi connectivity index (χ3n) is 5.27. The highest BCUT2D eigenvalue weighted by Crippen LogP contribution is 2.35. The number of benzene rings is 3. The molecule has 1 amide bonds. The summed E-state index contributed by atoms with van der Waals surface area (Å²) in [5.41, 5.74) is 4.90. The van der Waals surface area contributed by atoms with Gasteiger partial charge >= 0.3 is 0 Å². The van der Waals surface area contributed by atoms with Crippen LogP contribution in [0.4, 0.5) is 5.13 Å². The van der Waals surface area contributed by atoms with Gasteiger partial charge in [0.05, 0.1) is 16.8 Å². The van der Waals surface area contributed by atoms with E-state index in [4.69, 9.17) is 14.5 Å². The summed E-state index contributed by atoms with van der Waals surface area (Å²) in [4.78, 5) is 20.1. The van der Waals surface area contributed by atoms with E-state index in [1.165, 1.54) is 22.5 Å². The summed E-state index contributed by atoms with van der Waals surface area (Å²) in [6, 6.07) is 19.5. The van der Waals surface area contributed by atoms with Crippen LogP contribution in [0, 0.1) is 13.8 Å². The summed E-state index contributed by atoms with van der Waals surface area (Å²) in [5.74, 6) is 1.13. The molecule has 1 aliphatic rings. The van der Waals surface area contributed by atoms with Gasteiger partial charge in [-0.1, -0.05) is 41.7 Å². The average Bonchev–Trinajstić information content (AvgIpc) is 3.38. The smallest absolute Gasteiger partial charge is 0.260 e. The fourth-order valence-corrected chi connectivity index (χ4v) is 4.50. The number of aryl methyl sites for hydroxylation is 2. The maximum atomic E-state index is 13.6. The molecule has 0 N–H and O–H groups in total. The van der Waals surface area contributed by atoms with Gasteiger partial charge in [0.1, 0.15) is 0 Å². The molecule has 2 heterocycles. The first kappa shape index (κ1) is 18.6. The molecule has 1 aromatic heterocycles. The third-order valence-corrected chi connectivity index (χ3v) is 6.31. The summed E-state index contributed by atoms with van der Waals surface area (Å²) in [7, 11) is 0. The van der Waals surface area contributed by atoms with Crippen LogP contribution in [-0.4, -0.2) is 17.7 Å². The van der Waals surface area contributed by atoms with Gasteiger partial charge in [-0.3, -0.25) is 9.69 Å². The summed E-state index contributed by atoms with van der Waals surface area (Å²) < 4.78 is 11.9. The van der Waals surface area contributed by atoms with Crippen molar-refractivity contribution in [1.29, 1.82) is 0 Å². The van der Waals surface area contributed by atoms with E-state index in [1.54, 1.807) is 23.1 Å². The zero-order chi connectivity index (χ0) is 20.7. The van der Waals surface area contributed by atoms with Crippen molar-refractivity contribution in [1.82, 2.24) is 4.98 Å². The van der Waals surface area contributed by atoms with E-state index in [0.29, 0.717) is 28.7 Å². The van der Waals surface area contributed by atoms with Crippen molar-refractivity contribution in [2.75, 3.05) is 11.7 Å². The molecule has 0 atom stereocenters. The van der Waals surface area contributed by atoms with E-state index < -0.39 is 0 Å². The van der Waals surface area contributed by atoms with Gasteiger partial charge in [0.2, 0.25) is 6.79 Å². The number of carbonyl (C=O) groups excluding carboxylic acids is 1. The first-order valence-electron chi connectivity index (χ1n) is 9.72. The van der Waals surface area contributed by atoms with Gasteiger partial charge in [0, 0.05) is 5.56 Å². The highest BCUT2D eigenvalue weighted by Gasteiger charge is 2.24. The Morgan fingerprint density at radius 2 is 1.77 bits per heavy atom. The highest BCUT2D eigenvalue weighted by molar-refractivity contribution is 7.22. The molecule has 0 bridgehead atoms. The van der Waals surface area contributed by atoms with Gasteiger partial charge in [-0.25, -0.2) is 4.98 Å². The number of anilines is 1. The Bertz CT molecular complexity index is 1210. The van der Waals surface area contributed by atoms with E-state index in [-0.39, 0.29) is 12.7 Å². The molecule has 5 rings (SSSR count). The number of carbonyl (C=O) groups is 1. The fraction of sp³-hybridized carbons (Fsp3) is 0.167. The molecule has 3 aromatic carbocycles. The number of fused-ring (bicyclic) bond motifs is 2. The maximum absolute atomic E-state index is 13.6. The predicted octanol–water partition coefficient (Wildman–Crippen LogP) is 5.49. The Hall–Kier alpha value is -3.38. The number of ether oxygens (including phenoxy) is 2. The van der Waals surface area contributed by atoms with E-state index >= 15 is 0 Å². The SMILES string of the molecule is Cc1cc2nc(N(Cc3ccccc3)C(=O)c3ccc4c(c3)OCO4)sc2cc1C. The second-order valence-electron chi connectivity index (χ2n) is 7.35. The lowest BCUT2D eigenvalue weighted by Crippen LogP contribution is -2.30. The van der Waals surface area contributed by atoms with Crippen LogP contribution in [-0.2, 0) is 6.54 Å². The molecule has 30 heavy (non-hydrogen) atoms. The number of hydrogen-bond acceptors (Lipinski definition) is 5. The number of hydrogen-bond donors (Lipinski definition) is 0. The average molecular weight is 417 g/mol. The van der Waals surface area contributed by atoms with Crippen LogP contribution in [0.1, 0.15) is 27.0 Å². The first-order chi connectivity index (χ1) is 14.6. The summed E-state index contributed by atoms with van der Waals surface area (Å²) in [6.45, 7) is 4.78. The molecule has 1 aliphatic heterocycles. The molecule has 4 aromatic rings. The van der Waals surface area contributed by atoms with Crippen molar-refractivity contribution >= 4 is 32.6 Å². The molecular formula is C24H20N2O3S. The molecule has 0 fully saturated rings. The van der Waals surface area contributed by atoms with Gasteiger partial charge in [-0.15, -0.1) is 0 Å². The molecule has 5 nitrogen and oxygen atoms in total. The number of aromatic nitrogens is 1. The van der Waals surface area contributed by atoms with E-state index in [9.17, 15) is 4.79 Å². The van der Waals surface area contributed by atoms with Crippen molar-refractivity contribution in [2.45, 2.75) is 20.4 Å². The van der Waals surface area contributed by atoms with E-state index in [1.807, 2.05) is 30.3 Å². The molecule has 150 valence electrons. The van der Waals surface area contributed by atoms with Crippen LogP contribution in [0.2, 0.25) is 0 Å². The molecule has 0 radical (unpaired) electrons.